The second kappa shape index (κ2) is 12.0. The highest BCUT2D eigenvalue weighted by atomic mass is 19.4. The fourth-order valence-corrected chi connectivity index (χ4v) is 6.15. The first kappa shape index (κ1) is 33.9. The number of alkyl halides is 6. The van der Waals surface area contributed by atoms with Crippen LogP contribution in [-0.2, 0) is 43.8 Å². The number of urea groups is 1. The standard InChI is InChI=1S/C33H31F8N5O/c1-5-17-8-7-9-18(6-2)27(17)46-28(21-13-25(35)26(14-24(21)34)43-30(42)47)22-16-45(31(3,4)29(22)44-46)15-19-12-20(32(36,37)38)10-11-23(19)33(39,40)41/h7-14H,5-6,15-16H2,1-4H3,(H3,42,43,47). The molecular formula is C33H31F8N5O. The molecule has 0 aliphatic carbocycles. The van der Waals surface area contributed by atoms with Crippen LogP contribution in [0.4, 0.5) is 45.6 Å². The highest BCUT2D eigenvalue weighted by Gasteiger charge is 2.45. The van der Waals surface area contributed by atoms with Crippen LogP contribution in [0.2, 0.25) is 0 Å². The smallest absolute Gasteiger partial charge is 0.351 e. The number of carbonyl (C=O) groups excluding carboxylic acids is 1. The topological polar surface area (TPSA) is 76.2 Å². The number of nitrogens with zero attached hydrogens (tertiary/aromatic N) is 3. The van der Waals surface area contributed by atoms with Crippen LogP contribution in [0.1, 0.15) is 66.8 Å². The molecule has 0 bridgehead atoms. The van der Waals surface area contributed by atoms with Gasteiger partial charge in [0.1, 0.15) is 11.6 Å². The molecule has 0 radical (unpaired) electrons. The van der Waals surface area contributed by atoms with E-state index in [1.54, 1.807) is 13.8 Å². The molecular weight excluding hydrogens is 634 g/mol. The number of nitrogens with two attached hydrogens (primary N) is 1. The number of nitrogens with one attached hydrogen (secondary N) is 1. The first-order valence-corrected chi connectivity index (χ1v) is 14.7. The number of hydrogen-bond acceptors (Lipinski definition) is 3. The van der Waals surface area contributed by atoms with Crippen LogP contribution in [0, 0.1) is 11.6 Å². The van der Waals surface area contributed by atoms with Gasteiger partial charge in [0.2, 0.25) is 0 Å². The largest absolute Gasteiger partial charge is 0.416 e. The lowest BCUT2D eigenvalue weighted by atomic mass is 9.97. The number of carbonyl (C=O) groups is 1. The van der Waals surface area contributed by atoms with Crippen LogP contribution in [0.5, 0.6) is 0 Å². The summed E-state index contributed by atoms with van der Waals surface area (Å²) in [5.41, 5.74) is 3.27. The fraction of sp³-hybridized carbons (Fsp3) is 0.333. The molecule has 0 spiro atoms. The number of halogens is 8. The van der Waals surface area contributed by atoms with Crippen molar-refractivity contribution in [1.82, 2.24) is 14.7 Å². The molecule has 0 atom stereocenters. The third kappa shape index (κ3) is 6.18. The predicted molar refractivity (Wildman–Crippen MR) is 160 cm³/mol. The van der Waals surface area contributed by atoms with Crippen molar-refractivity contribution in [2.24, 2.45) is 5.73 Å². The summed E-state index contributed by atoms with van der Waals surface area (Å²) >= 11 is 0. The van der Waals surface area contributed by atoms with Crippen LogP contribution < -0.4 is 11.1 Å². The number of aromatic nitrogens is 2. The van der Waals surface area contributed by atoms with Crippen LogP contribution in [-0.4, -0.2) is 20.7 Å². The Hall–Kier alpha value is -4.46. The molecule has 1 aliphatic heterocycles. The Morgan fingerprint density at radius 1 is 0.915 bits per heavy atom. The van der Waals surface area contributed by atoms with E-state index < -0.39 is 64.5 Å². The summed E-state index contributed by atoms with van der Waals surface area (Å²) in [4.78, 5) is 12.9. The summed E-state index contributed by atoms with van der Waals surface area (Å²) in [6.07, 6.45) is -8.70. The molecule has 1 aliphatic rings. The van der Waals surface area contributed by atoms with Crippen molar-refractivity contribution in [2.75, 3.05) is 5.32 Å². The molecule has 5 rings (SSSR count). The van der Waals surface area contributed by atoms with E-state index in [-0.39, 0.29) is 17.8 Å². The fourth-order valence-electron chi connectivity index (χ4n) is 6.15. The van der Waals surface area contributed by atoms with E-state index >= 15 is 8.78 Å². The molecule has 2 heterocycles. The monoisotopic (exact) mass is 665 g/mol. The number of primary amides is 1. The Bertz CT molecular complexity index is 1840. The molecule has 1 aromatic heterocycles. The molecule has 250 valence electrons. The van der Waals surface area contributed by atoms with Gasteiger partial charge < -0.3 is 11.1 Å². The van der Waals surface area contributed by atoms with Gasteiger partial charge in [-0.3, -0.25) is 4.90 Å². The number of rotatable bonds is 7. The van der Waals surface area contributed by atoms with E-state index in [9.17, 15) is 31.1 Å². The summed E-state index contributed by atoms with van der Waals surface area (Å²) in [5.74, 6) is -1.95. The highest BCUT2D eigenvalue weighted by Crippen LogP contribution is 2.47. The molecule has 14 heteroatoms. The predicted octanol–water partition coefficient (Wildman–Crippen LogP) is 8.72. The van der Waals surface area contributed by atoms with E-state index in [0.717, 1.165) is 23.3 Å². The molecule has 3 N–H and O–H groups in total. The van der Waals surface area contributed by atoms with Gasteiger partial charge in [0.05, 0.1) is 39.4 Å². The minimum absolute atomic E-state index is 0.119. The quantitative estimate of drug-likeness (QED) is 0.194. The van der Waals surface area contributed by atoms with Crippen molar-refractivity contribution in [1.29, 1.82) is 0 Å². The Kier molecular flexibility index (Phi) is 8.63. The number of para-hydroxylation sites is 1. The molecule has 6 nitrogen and oxygen atoms in total. The zero-order chi connectivity index (χ0) is 34.6. The summed E-state index contributed by atoms with van der Waals surface area (Å²) < 4.78 is 115. The average molecular weight is 666 g/mol. The van der Waals surface area contributed by atoms with Gasteiger partial charge in [-0.25, -0.2) is 18.3 Å². The molecule has 4 aromatic rings. The van der Waals surface area contributed by atoms with Crippen molar-refractivity contribution < 1.29 is 39.9 Å². The van der Waals surface area contributed by atoms with Gasteiger partial charge in [-0.15, -0.1) is 0 Å². The van der Waals surface area contributed by atoms with Crippen LogP contribution in [0.3, 0.4) is 0 Å². The van der Waals surface area contributed by atoms with E-state index in [1.807, 2.05) is 37.4 Å². The maximum Gasteiger partial charge on any atom is 0.416 e. The van der Waals surface area contributed by atoms with Crippen LogP contribution in [0.25, 0.3) is 16.9 Å². The van der Waals surface area contributed by atoms with E-state index in [2.05, 4.69) is 0 Å². The highest BCUT2D eigenvalue weighted by molar-refractivity contribution is 5.88. The Labute approximate surface area is 265 Å². The number of fused-ring (bicyclic) bond motifs is 1. The average Bonchev–Trinajstić information content (AvgIpc) is 3.46. The summed E-state index contributed by atoms with van der Waals surface area (Å²) in [7, 11) is 0. The van der Waals surface area contributed by atoms with Crippen LogP contribution in [0.15, 0.2) is 48.5 Å². The maximum atomic E-state index is 15.9. The Morgan fingerprint density at radius 3 is 2.11 bits per heavy atom. The van der Waals surface area contributed by atoms with Crippen molar-refractivity contribution in [3.05, 3.63) is 99.2 Å². The lowest BCUT2D eigenvalue weighted by molar-refractivity contribution is -0.142. The van der Waals surface area contributed by atoms with Gasteiger partial charge in [0.15, 0.2) is 0 Å². The molecule has 0 saturated heterocycles. The lowest BCUT2D eigenvalue weighted by Crippen LogP contribution is -2.36. The zero-order valence-electron chi connectivity index (χ0n) is 25.8. The van der Waals surface area contributed by atoms with Crippen molar-refractivity contribution in [3.8, 4) is 16.9 Å². The Morgan fingerprint density at radius 2 is 1.55 bits per heavy atom. The molecule has 0 fully saturated rings. The summed E-state index contributed by atoms with van der Waals surface area (Å²) in [6, 6.07) is 7.42. The molecule has 3 aromatic carbocycles. The van der Waals surface area contributed by atoms with Gasteiger partial charge in [0.25, 0.3) is 0 Å². The van der Waals surface area contributed by atoms with Crippen molar-refractivity contribution >= 4 is 11.7 Å². The Balaban J connectivity index is 1.73. The van der Waals surface area contributed by atoms with E-state index in [4.69, 9.17) is 10.8 Å². The van der Waals surface area contributed by atoms with Crippen molar-refractivity contribution in [3.63, 3.8) is 0 Å². The molecule has 0 saturated carbocycles. The number of amides is 2. The summed E-state index contributed by atoms with van der Waals surface area (Å²) in [6.45, 7) is 6.44. The second-order valence-corrected chi connectivity index (χ2v) is 11.8. The van der Waals surface area contributed by atoms with E-state index in [0.29, 0.717) is 48.0 Å². The summed E-state index contributed by atoms with van der Waals surface area (Å²) in [5, 5.41) is 6.89. The minimum Gasteiger partial charge on any atom is -0.351 e. The zero-order valence-corrected chi connectivity index (χ0v) is 25.8. The third-order valence-electron chi connectivity index (χ3n) is 8.55. The van der Waals surface area contributed by atoms with Gasteiger partial charge in [-0.1, -0.05) is 32.0 Å². The first-order valence-electron chi connectivity index (χ1n) is 14.7. The minimum atomic E-state index is -4.93. The SMILES string of the molecule is CCc1cccc(CC)c1-n1nc2c(c1-c1cc(F)c(NC(N)=O)cc1F)CN(Cc1cc(C(F)(F)F)ccc1C(F)(F)F)C2(C)C. The first-order chi connectivity index (χ1) is 21.9. The van der Waals surface area contributed by atoms with Gasteiger partial charge >= 0.3 is 18.4 Å². The number of hydrogen-bond donors (Lipinski definition) is 2. The molecule has 47 heavy (non-hydrogen) atoms. The number of aryl methyl sites for hydroxylation is 2. The second-order valence-electron chi connectivity index (χ2n) is 11.8. The normalized spacial score (nSPS) is 14.8. The number of benzene rings is 3. The molecule has 2 amide bonds. The van der Waals surface area contributed by atoms with Crippen molar-refractivity contribution in [2.45, 2.75) is 71.5 Å². The van der Waals surface area contributed by atoms with Gasteiger partial charge in [0, 0.05) is 30.3 Å². The maximum absolute atomic E-state index is 15.9. The van der Waals surface area contributed by atoms with Crippen LogP contribution >= 0.6 is 0 Å². The lowest BCUT2D eigenvalue weighted by Gasteiger charge is -2.33. The third-order valence-corrected chi connectivity index (χ3v) is 8.55. The van der Waals surface area contributed by atoms with Gasteiger partial charge in [-0.05, 0) is 67.6 Å². The van der Waals surface area contributed by atoms with E-state index in [1.165, 1.54) is 9.58 Å². The van der Waals surface area contributed by atoms with Gasteiger partial charge in [-0.2, -0.15) is 31.4 Å². The number of anilines is 1. The molecule has 0 unspecified atom stereocenters.